The Morgan fingerprint density at radius 1 is 0.914 bits per heavy atom. The maximum Gasteiger partial charge on any atom is 0.261 e. The second-order valence-electron chi connectivity index (χ2n) is 9.07. The van der Waals surface area contributed by atoms with Gasteiger partial charge >= 0.3 is 0 Å². The van der Waals surface area contributed by atoms with Crippen LogP contribution < -0.4 is 10.0 Å². The summed E-state index contributed by atoms with van der Waals surface area (Å²) in [6, 6.07) is 15.9. The van der Waals surface area contributed by atoms with Crippen molar-refractivity contribution in [3.63, 3.8) is 0 Å². The molecule has 1 amide bonds. The number of H-pyrrole nitrogens is 1. The van der Waals surface area contributed by atoms with E-state index in [-0.39, 0.29) is 21.6 Å². The number of oxazole rings is 1. The van der Waals surface area contributed by atoms with Gasteiger partial charge in [0.05, 0.1) is 4.90 Å². The van der Waals surface area contributed by atoms with E-state index < -0.39 is 15.9 Å². The number of hydrogen-bond acceptors (Lipinski definition) is 7. The molecule has 0 radical (unpaired) electrons. The number of aromatic amines is 1. The Kier molecular flexibility index (Phi) is 5.28. The lowest BCUT2D eigenvalue weighted by molar-refractivity contribution is 0.102. The van der Waals surface area contributed by atoms with Crippen LogP contribution in [0.4, 0.5) is 11.4 Å². The van der Waals surface area contributed by atoms with Crippen LogP contribution in [-0.4, -0.2) is 34.7 Å². The molecule has 3 aromatic carbocycles. The van der Waals surface area contributed by atoms with Gasteiger partial charge in [-0.05, 0) is 54.6 Å². The van der Waals surface area contributed by atoms with Crippen LogP contribution in [0.25, 0.3) is 22.1 Å². The van der Waals surface area contributed by atoms with Gasteiger partial charge in [0.2, 0.25) is 5.89 Å². The lowest BCUT2D eigenvalue weighted by atomic mass is 9.97. The van der Waals surface area contributed by atoms with Crippen molar-refractivity contribution in [2.45, 2.75) is 31.1 Å². The Morgan fingerprint density at radius 3 is 2.51 bits per heavy atom. The molecule has 0 spiro atoms. The molecule has 0 atom stereocenters. The van der Waals surface area contributed by atoms with Gasteiger partial charge in [0, 0.05) is 22.4 Å². The minimum Gasteiger partial charge on any atom is -0.440 e. The number of carbonyl (C=O) groups is 1. The average molecular weight is 491 g/mol. The number of aromatic nitrogens is 4. The maximum atomic E-state index is 12.9. The molecule has 0 unspecified atom stereocenters. The predicted octanol–water partition coefficient (Wildman–Crippen LogP) is 4.45. The van der Waals surface area contributed by atoms with Gasteiger partial charge in [-0.15, -0.1) is 0 Å². The molecule has 0 aliphatic carbocycles. The van der Waals surface area contributed by atoms with E-state index >= 15 is 0 Å². The molecule has 0 saturated carbocycles. The van der Waals surface area contributed by atoms with Crippen molar-refractivity contribution < 1.29 is 17.6 Å². The molecule has 2 heterocycles. The maximum absolute atomic E-state index is 12.9. The lowest BCUT2D eigenvalue weighted by Gasteiger charge is -2.11. The molecule has 0 fully saturated rings. The van der Waals surface area contributed by atoms with Crippen LogP contribution in [0.2, 0.25) is 0 Å². The van der Waals surface area contributed by atoms with Gasteiger partial charge in [0.15, 0.2) is 5.58 Å². The van der Waals surface area contributed by atoms with Crippen molar-refractivity contribution in [3.05, 3.63) is 72.1 Å². The normalized spacial score (nSPS) is 12.2. The van der Waals surface area contributed by atoms with Gasteiger partial charge in [-0.3, -0.25) is 9.52 Å². The van der Waals surface area contributed by atoms with Gasteiger partial charge in [0.1, 0.15) is 16.6 Å². The first-order valence-electron chi connectivity index (χ1n) is 10.7. The number of sulfonamides is 1. The van der Waals surface area contributed by atoms with E-state index in [0.29, 0.717) is 33.7 Å². The topological polar surface area (TPSA) is 143 Å². The van der Waals surface area contributed by atoms with Crippen LogP contribution in [0.15, 0.2) is 70.0 Å². The Labute approximate surface area is 200 Å². The van der Waals surface area contributed by atoms with E-state index in [1.807, 2.05) is 20.8 Å². The quantitative estimate of drug-likeness (QED) is 0.330. The molecule has 178 valence electrons. The zero-order valence-electron chi connectivity index (χ0n) is 19.2. The summed E-state index contributed by atoms with van der Waals surface area (Å²) in [5, 5.41) is 13.1. The first-order chi connectivity index (χ1) is 16.6. The Bertz CT molecular complexity index is 1680. The summed E-state index contributed by atoms with van der Waals surface area (Å²) in [5.74, 6) is 0.215. The summed E-state index contributed by atoms with van der Waals surface area (Å²) in [5.41, 5.74) is 3.10. The van der Waals surface area contributed by atoms with Gasteiger partial charge in [-0.1, -0.05) is 26.8 Å². The van der Waals surface area contributed by atoms with E-state index in [1.165, 1.54) is 18.2 Å². The summed E-state index contributed by atoms with van der Waals surface area (Å²) in [7, 11) is -3.90. The van der Waals surface area contributed by atoms with Crippen molar-refractivity contribution in [2.24, 2.45) is 0 Å². The van der Waals surface area contributed by atoms with E-state index in [1.54, 1.807) is 42.5 Å². The number of fused-ring (bicyclic) bond motifs is 2. The molecular formula is C24H22N6O4S. The van der Waals surface area contributed by atoms with E-state index in [0.717, 1.165) is 0 Å². The number of rotatable bonds is 5. The van der Waals surface area contributed by atoms with E-state index in [4.69, 9.17) is 4.42 Å². The molecule has 0 aliphatic rings. The smallest absolute Gasteiger partial charge is 0.261 e. The molecule has 2 aromatic heterocycles. The Balaban J connectivity index is 1.35. The third-order valence-corrected chi connectivity index (χ3v) is 6.64. The van der Waals surface area contributed by atoms with Crippen LogP contribution in [0.3, 0.4) is 0 Å². The van der Waals surface area contributed by atoms with Gasteiger partial charge in [0.25, 0.3) is 15.9 Å². The largest absolute Gasteiger partial charge is 0.440 e. The molecule has 3 N–H and O–H groups in total. The summed E-state index contributed by atoms with van der Waals surface area (Å²) in [4.78, 5) is 17.4. The minimum absolute atomic E-state index is 0.0318. The first-order valence-corrected chi connectivity index (χ1v) is 12.2. The Morgan fingerprint density at radius 2 is 1.71 bits per heavy atom. The number of nitrogens with zero attached hydrogens (tertiary/aromatic N) is 3. The summed E-state index contributed by atoms with van der Waals surface area (Å²) >= 11 is 0. The molecule has 35 heavy (non-hydrogen) atoms. The van der Waals surface area contributed by atoms with Gasteiger partial charge in [-0.25, -0.2) is 13.4 Å². The average Bonchev–Trinajstić information content (AvgIpc) is 3.45. The van der Waals surface area contributed by atoms with Crippen molar-refractivity contribution in [1.82, 2.24) is 20.4 Å². The second kappa shape index (κ2) is 8.20. The number of nitrogens with one attached hydrogen (secondary N) is 3. The van der Waals surface area contributed by atoms with Gasteiger partial charge < -0.3 is 9.73 Å². The fraction of sp³-hybridized carbons (Fsp3) is 0.167. The van der Waals surface area contributed by atoms with Crippen LogP contribution in [0, 0.1) is 0 Å². The molecule has 0 saturated heterocycles. The highest BCUT2D eigenvalue weighted by Crippen LogP contribution is 2.28. The van der Waals surface area contributed by atoms with E-state index in [9.17, 15) is 13.2 Å². The number of anilines is 2. The standard InChI is InChI=1S/C24H22N6O4S/c1-24(2,3)23-26-20-12-15(7-10-21(20)34-23)25-22(31)14-5-4-6-16(11-14)29-35(32,33)17-8-9-18-19(13-17)28-30-27-18/h4-13,29H,1-3H3,(H,25,31)(H,27,28,30). The SMILES string of the molecule is CC(C)(C)c1nc2cc(NC(=O)c3cccc(NS(=O)(=O)c4ccc5n[nH]nc5c4)c3)ccc2o1. The summed E-state index contributed by atoms with van der Waals surface area (Å²) in [6.07, 6.45) is 0. The highest BCUT2D eigenvalue weighted by Gasteiger charge is 2.21. The van der Waals surface area contributed by atoms with Crippen molar-refractivity contribution >= 4 is 49.4 Å². The third kappa shape index (κ3) is 4.58. The minimum atomic E-state index is -3.90. The monoisotopic (exact) mass is 490 g/mol. The molecule has 5 aromatic rings. The van der Waals surface area contributed by atoms with Crippen molar-refractivity contribution in [1.29, 1.82) is 0 Å². The second-order valence-corrected chi connectivity index (χ2v) is 10.7. The lowest BCUT2D eigenvalue weighted by Crippen LogP contribution is -2.15. The van der Waals surface area contributed by atoms with Crippen LogP contribution in [0.5, 0.6) is 0 Å². The fourth-order valence-electron chi connectivity index (χ4n) is 3.45. The summed E-state index contributed by atoms with van der Waals surface area (Å²) < 4.78 is 34.0. The van der Waals surface area contributed by atoms with Gasteiger partial charge in [-0.2, -0.15) is 15.4 Å². The zero-order valence-corrected chi connectivity index (χ0v) is 20.0. The van der Waals surface area contributed by atoms with Crippen LogP contribution >= 0.6 is 0 Å². The highest BCUT2D eigenvalue weighted by atomic mass is 32.2. The summed E-state index contributed by atoms with van der Waals surface area (Å²) in [6.45, 7) is 6.02. The predicted molar refractivity (Wildman–Crippen MR) is 132 cm³/mol. The molecule has 10 nitrogen and oxygen atoms in total. The first kappa shape index (κ1) is 22.5. The number of hydrogen-bond donors (Lipinski definition) is 3. The molecular weight excluding hydrogens is 468 g/mol. The van der Waals surface area contributed by atoms with E-state index in [2.05, 4.69) is 30.4 Å². The number of carbonyl (C=O) groups excluding carboxylic acids is 1. The van der Waals surface area contributed by atoms with Crippen LogP contribution in [-0.2, 0) is 15.4 Å². The zero-order chi connectivity index (χ0) is 24.8. The molecule has 11 heteroatoms. The number of benzene rings is 3. The number of amides is 1. The molecule has 0 bridgehead atoms. The van der Waals surface area contributed by atoms with Crippen LogP contribution in [0.1, 0.15) is 37.0 Å². The third-order valence-electron chi connectivity index (χ3n) is 5.26. The van der Waals surface area contributed by atoms with Crippen molar-refractivity contribution in [3.8, 4) is 0 Å². The molecule has 0 aliphatic heterocycles. The fourth-order valence-corrected chi connectivity index (χ4v) is 4.52. The van der Waals surface area contributed by atoms with Crippen molar-refractivity contribution in [2.75, 3.05) is 10.0 Å². The molecule has 5 rings (SSSR count). The Hall–Kier alpha value is -4.25. The highest BCUT2D eigenvalue weighted by molar-refractivity contribution is 7.92.